The van der Waals surface area contributed by atoms with Gasteiger partial charge in [0, 0.05) is 13.7 Å². The van der Waals surface area contributed by atoms with Gasteiger partial charge in [-0.15, -0.1) is 0 Å². The Kier molecular flexibility index (Phi) is 3.19. The maximum atomic E-state index is 11.4. The van der Waals surface area contributed by atoms with E-state index < -0.39 is 11.9 Å². The monoisotopic (exact) mass is 200 g/mol. The topological polar surface area (TPSA) is 79.2 Å². The third-order valence-electron chi connectivity index (χ3n) is 2.02. The first-order valence-corrected chi connectivity index (χ1v) is 4.17. The fourth-order valence-corrected chi connectivity index (χ4v) is 1.30. The van der Waals surface area contributed by atoms with Crippen molar-refractivity contribution in [3.63, 3.8) is 0 Å². The lowest BCUT2D eigenvalue weighted by atomic mass is 10.00. The van der Waals surface area contributed by atoms with E-state index in [1.54, 1.807) is 0 Å². The van der Waals surface area contributed by atoms with Crippen molar-refractivity contribution in [1.29, 1.82) is 0 Å². The van der Waals surface area contributed by atoms with Gasteiger partial charge in [-0.25, -0.2) is 9.80 Å². The van der Waals surface area contributed by atoms with Gasteiger partial charge in [0.15, 0.2) is 5.71 Å². The highest BCUT2D eigenvalue weighted by Crippen LogP contribution is 2.18. The van der Waals surface area contributed by atoms with Crippen molar-refractivity contribution >= 4 is 17.6 Å². The third kappa shape index (κ3) is 1.74. The Morgan fingerprint density at radius 3 is 2.86 bits per heavy atom. The molecule has 78 valence electrons. The average molecular weight is 200 g/mol. The molecule has 0 unspecified atom stereocenters. The molecule has 1 aliphatic heterocycles. The number of carbonyl (C=O) groups excluding carboxylic acids is 2. The van der Waals surface area contributed by atoms with Gasteiger partial charge in [0.05, 0.1) is 13.0 Å². The average Bonchev–Trinajstić information content (AvgIpc) is 2.45. The lowest BCUT2D eigenvalue weighted by molar-refractivity contribution is -0.134. The van der Waals surface area contributed by atoms with Crippen LogP contribution in [0.5, 0.6) is 0 Å². The summed E-state index contributed by atoms with van der Waals surface area (Å²) in [5, 5.41) is 13.6. The lowest BCUT2D eigenvalue weighted by Crippen LogP contribution is -2.29. The van der Waals surface area contributed by atoms with E-state index in [1.807, 2.05) is 0 Å². The minimum absolute atomic E-state index is 0.0639. The maximum Gasteiger partial charge on any atom is 0.355 e. The first-order valence-electron chi connectivity index (χ1n) is 4.17. The second-order valence-corrected chi connectivity index (χ2v) is 2.90. The number of rotatable bonds is 3. The molecule has 0 radical (unpaired) electrons. The highest BCUT2D eigenvalue weighted by Gasteiger charge is 2.37. The molecule has 0 aromatic rings. The number of nitrogens with zero attached hydrogens (tertiary/aromatic N) is 2. The molecule has 14 heavy (non-hydrogen) atoms. The molecule has 1 N–H and O–H groups in total. The van der Waals surface area contributed by atoms with E-state index in [1.165, 1.54) is 14.2 Å². The largest absolute Gasteiger partial charge is 0.464 e. The van der Waals surface area contributed by atoms with Crippen molar-refractivity contribution in [2.45, 2.75) is 6.42 Å². The van der Waals surface area contributed by atoms with Gasteiger partial charge in [-0.2, -0.15) is 5.10 Å². The summed E-state index contributed by atoms with van der Waals surface area (Å²) in [6.07, 6.45) is 0.192. The van der Waals surface area contributed by atoms with Gasteiger partial charge in [-0.3, -0.25) is 4.79 Å². The molecule has 0 bridgehead atoms. The predicted molar refractivity (Wildman–Crippen MR) is 47.4 cm³/mol. The highest BCUT2D eigenvalue weighted by molar-refractivity contribution is 6.42. The van der Waals surface area contributed by atoms with Crippen LogP contribution in [-0.2, 0) is 14.3 Å². The first-order chi connectivity index (χ1) is 6.61. The Labute approximate surface area is 81.1 Å². The van der Waals surface area contributed by atoms with Crippen molar-refractivity contribution in [2.75, 3.05) is 20.8 Å². The van der Waals surface area contributed by atoms with Gasteiger partial charge in [-0.05, 0) is 6.42 Å². The zero-order valence-corrected chi connectivity index (χ0v) is 8.06. The number of carbonyl (C=O) groups is 2. The van der Waals surface area contributed by atoms with Gasteiger partial charge < -0.3 is 9.84 Å². The molecule has 6 nitrogen and oxygen atoms in total. The van der Waals surface area contributed by atoms with Crippen LogP contribution >= 0.6 is 0 Å². The molecule has 0 aliphatic carbocycles. The molecule has 1 amide bonds. The Balaban J connectivity index is 2.85. The van der Waals surface area contributed by atoms with Crippen LogP contribution in [-0.4, -0.2) is 48.5 Å². The molecule has 0 saturated carbocycles. The Morgan fingerprint density at radius 2 is 2.36 bits per heavy atom. The summed E-state index contributed by atoms with van der Waals surface area (Å²) in [6.45, 7) is -0.166. The molecule has 1 rings (SSSR count). The third-order valence-corrected chi connectivity index (χ3v) is 2.02. The number of aliphatic hydroxyl groups is 1. The molecule has 1 atom stereocenters. The zero-order chi connectivity index (χ0) is 10.7. The second-order valence-electron chi connectivity index (χ2n) is 2.90. The second kappa shape index (κ2) is 4.19. The van der Waals surface area contributed by atoms with E-state index in [2.05, 4.69) is 9.84 Å². The maximum absolute atomic E-state index is 11.4. The van der Waals surface area contributed by atoms with Gasteiger partial charge >= 0.3 is 5.97 Å². The van der Waals surface area contributed by atoms with Crippen LogP contribution in [0.25, 0.3) is 0 Å². The summed E-state index contributed by atoms with van der Waals surface area (Å²) in [5.41, 5.74) is 0.0639. The van der Waals surface area contributed by atoms with E-state index in [4.69, 9.17) is 5.11 Å². The van der Waals surface area contributed by atoms with Crippen LogP contribution in [0.4, 0.5) is 0 Å². The van der Waals surface area contributed by atoms with E-state index in [0.29, 0.717) is 0 Å². The van der Waals surface area contributed by atoms with E-state index in [0.717, 1.165) is 5.01 Å². The number of hydrogen-bond donors (Lipinski definition) is 1. The molecule has 0 aromatic heterocycles. The predicted octanol–water partition coefficient (Wildman–Crippen LogP) is -1.01. The fraction of sp³-hybridized carbons (Fsp3) is 0.625. The molecular weight excluding hydrogens is 188 g/mol. The number of ether oxygens (including phenoxy) is 1. The van der Waals surface area contributed by atoms with Crippen LogP contribution < -0.4 is 0 Å². The van der Waals surface area contributed by atoms with Crippen molar-refractivity contribution in [3.05, 3.63) is 0 Å². The van der Waals surface area contributed by atoms with Crippen molar-refractivity contribution < 1.29 is 19.4 Å². The number of hydrazone groups is 1. The number of esters is 1. The Morgan fingerprint density at radius 1 is 1.71 bits per heavy atom. The van der Waals surface area contributed by atoms with Gasteiger partial charge in [0.25, 0.3) is 5.91 Å². The van der Waals surface area contributed by atoms with E-state index >= 15 is 0 Å². The first kappa shape index (κ1) is 10.6. The summed E-state index contributed by atoms with van der Waals surface area (Å²) < 4.78 is 4.48. The van der Waals surface area contributed by atoms with E-state index in [-0.39, 0.29) is 24.6 Å². The van der Waals surface area contributed by atoms with Crippen LogP contribution in [0, 0.1) is 5.92 Å². The highest BCUT2D eigenvalue weighted by atomic mass is 16.5. The van der Waals surface area contributed by atoms with Crippen LogP contribution in [0.1, 0.15) is 6.42 Å². The molecule has 0 saturated heterocycles. The minimum atomic E-state index is -0.669. The number of aliphatic hydroxyl groups excluding tert-OH is 1. The summed E-state index contributed by atoms with van der Waals surface area (Å²) in [4.78, 5) is 22.6. The summed E-state index contributed by atoms with van der Waals surface area (Å²) in [7, 11) is 2.69. The molecule has 0 fully saturated rings. The molecule has 6 heteroatoms. The lowest BCUT2D eigenvalue weighted by Gasteiger charge is -2.07. The number of methoxy groups -OCH3 is 1. The standard InChI is InChI=1S/C8H12N2O4/c1-10-7(12)5(3-4-11)6(9-10)8(13)14-2/h5,11H,3-4H2,1-2H3/t5-/m0/s1. The summed E-state index contributed by atoms with van der Waals surface area (Å²) >= 11 is 0. The minimum Gasteiger partial charge on any atom is -0.464 e. The quantitative estimate of drug-likeness (QED) is 0.592. The van der Waals surface area contributed by atoms with Crippen LogP contribution in [0.3, 0.4) is 0 Å². The van der Waals surface area contributed by atoms with Crippen molar-refractivity contribution in [2.24, 2.45) is 11.0 Å². The Hall–Kier alpha value is -1.43. The van der Waals surface area contributed by atoms with Gasteiger partial charge in [0.2, 0.25) is 0 Å². The number of amides is 1. The SMILES string of the molecule is COC(=O)C1=NN(C)C(=O)[C@H]1CCO. The zero-order valence-electron chi connectivity index (χ0n) is 8.06. The number of hydrogen-bond acceptors (Lipinski definition) is 5. The smallest absolute Gasteiger partial charge is 0.355 e. The summed E-state index contributed by atoms with van der Waals surface area (Å²) in [6, 6.07) is 0. The van der Waals surface area contributed by atoms with E-state index in [9.17, 15) is 9.59 Å². The molecule has 1 heterocycles. The van der Waals surface area contributed by atoms with Crippen LogP contribution in [0.15, 0.2) is 5.10 Å². The normalized spacial score (nSPS) is 21.1. The fourth-order valence-electron chi connectivity index (χ4n) is 1.30. The summed E-state index contributed by atoms with van der Waals surface area (Å²) in [5.74, 6) is -1.59. The van der Waals surface area contributed by atoms with Gasteiger partial charge in [-0.1, -0.05) is 0 Å². The molecular formula is C8H12N2O4. The molecule has 1 aliphatic rings. The molecule has 0 spiro atoms. The van der Waals surface area contributed by atoms with Crippen LogP contribution in [0.2, 0.25) is 0 Å². The van der Waals surface area contributed by atoms with Gasteiger partial charge in [0.1, 0.15) is 0 Å². The molecule has 0 aromatic carbocycles. The van der Waals surface area contributed by atoms with Crippen molar-refractivity contribution in [3.8, 4) is 0 Å². The van der Waals surface area contributed by atoms with Crippen molar-refractivity contribution in [1.82, 2.24) is 5.01 Å². The Bertz CT molecular complexity index is 287.